The molecule has 1 aromatic rings. The molecular weight excluding hydrogens is 200 g/mol. The number of hydrogen-bond donors (Lipinski definition) is 0. The fourth-order valence-electron chi connectivity index (χ4n) is 2.12. The summed E-state index contributed by atoms with van der Waals surface area (Å²) in [6.07, 6.45) is 3.36. The molecule has 1 atom stereocenters. The Balaban J connectivity index is 2.08. The van der Waals surface area contributed by atoms with Gasteiger partial charge in [0.25, 0.3) is 0 Å². The van der Waals surface area contributed by atoms with Gasteiger partial charge in [0.05, 0.1) is 0 Å². The van der Waals surface area contributed by atoms with E-state index in [1.54, 1.807) is 0 Å². The van der Waals surface area contributed by atoms with Gasteiger partial charge >= 0.3 is 0 Å². The van der Waals surface area contributed by atoms with E-state index >= 15 is 0 Å². The van der Waals surface area contributed by atoms with Crippen LogP contribution in [0.4, 0.5) is 0 Å². The van der Waals surface area contributed by atoms with Crippen LogP contribution in [-0.2, 0) is 4.79 Å². The normalized spacial score (nSPS) is 20.9. The van der Waals surface area contributed by atoms with Crippen molar-refractivity contribution >= 4 is 5.78 Å². The van der Waals surface area contributed by atoms with Crippen molar-refractivity contribution in [2.45, 2.75) is 45.6 Å². The highest BCUT2D eigenvalue weighted by atomic mass is 16.5. The van der Waals surface area contributed by atoms with Crippen LogP contribution >= 0.6 is 0 Å². The SMILES string of the molecule is Cc1cccc(OC2CCCC(=O)C2)c1C. The number of carbonyl (C=O) groups is 1. The summed E-state index contributed by atoms with van der Waals surface area (Å²) in [7, 11) is 0. The summed E-state index contributed by atoms with van der Waals surface area (Å²) in [5, 5.41) is 0. The first-order valence-electron chi connectivity index (χ1n) is 5.91. The first-order chi connectivity index (χ1) is 7.66. The summed E-state index contributed by atoms with van der Waals surface area (Å²) in [5.74, 6) is 1.27. The van der Waals surface area contributed by atoms with Gasteiger partial charge in [0.1, 0.15) is 17.6 Å². The Hall–Kier alpha value is -1.31. The van der Waals surface area contributed by atoms with E-state index in [0.717, 1.165) is 25.0 Å². The van der Waals surface area contributed by atoms with Gasteiger partial charge in [-0.1, -0.05) is 12.1 Å². The number of benzene rings is 1. The molecule has 2 heteroatoms. The number of rotatable bonds is 2. The molecule has 0 radical (unpaired) electrons. The minimum absolute atomic E-state index is 0.0850. The maximum Gasteiger partial charge on any atom is 0.136 e. The zero-order valence-corrected chi connectivity index (χ0v) is 9.95. The summed E-state index contributed by atoms with van der Waals surface area (Å²) >= 11 is 0. The second-order valence-corrected chi connectivity index (χ2v) is 4.57. The van der Waals surface area contributed by atoms with Crippen molar-refractivity contribution in [1.82, 2.24) is 0 Å². The van der Waals surface area contributed by atoms with Crippen LogP contribution in [0.3, 0.4) is 0 Å². The van der Waals surface area contributed by atoms with E-state index in [1.807, 2.05) is 12.1 Å². The number of Topliss-reactive ketones (excluding diaryl/α,β-unsaturated/α-hetero) is 1. The fraction of sp³-hybridized carbons (Fsp3) is 0.500. The third-order valence-corrected chi connectivity index (χ3v) is 3.29. The molecule has 0 amide bonds. The van der Waals surface area contributed by atoms with Crippen LogP contribution in [-0.4, -0.2) is 11.9 Å². The van der Waals surface area contributed by atoms with Gasteiger partial charge in [-0.3, -0.25) is 4.79 Å². The van der Waals surface area contributed by atoms with Crippen molar-refractivity contribution in [1.29, 1.82) is 0 Å². The molecule has 16 heavy (non-hydrogen) atoms. The Morgan fingerprint density at radius 3 is 2.88 bits per heavy atom. The average molecular weight is 218 g/mol. The lowest BCUT2D eigenvalue weighted by Crippen LogP contribution is -2.25. The molecule has 0 aromatic heterocycles. The van der Waals surface area contributed by atoms with Gasteiger partial charge < -0.3 is 4.74 Å². The second kappa shape index (κ2) is 4.69. The Bertz CT molecular complexity index is 396. The van der Waals surface area contributed by atoms with Crippen molar-refractivity contribution in [3.8, 4) is 5.75 Å². The minimum atomic E-state index is 0.0850. The Morgan fingerprint density at radius 2 is 2.12 bits per heavy atom. The smallest absolute Gasteiger partial charge is 0.136 e. The Labute approximate surface area is 96.6 Å². The predicted molar refractivity (Wildman–Crippen MR) is 63.8 cm³/mol. The maximum absolute atomic E-state index is 11.3. The molecule has 1 saturated carbocycles. The number of carbonyl (C=O) groups excluding carboxylic acids is 1. The van der Waals surface area contributed by atoms with Gasteiger partial charge in [0.2, 0.25) is 0 Å². The van der Waals surface area contributed by atoms with Crippen LogP contribution in [0, 0.1) is 13.8 Å². The molecule has 1 unspecified atom stereocenters. The molecule has 2 nitrogen and oxygen atoms in total. The van der Waals surface area contributed by atoms with Gasteiger partial charge in [-0.05, 0) is 43.9 Å². The number of ether oxygens (including phenoxy) is 1. The van der Waals surface area contributed by atoms with Gasteiger partial charge in [-0.25, -0.2) is 0 Å². The lowest BCUT2D eigenvalue weighted by molar-refractivity contribution is -0.122. The summed E-state index contributed by atoms with van der Waals surface area (Å²) in [6, 6.07) is 6.07. The number of aryl methyl sites for hydroxylation is 1. The van der Waals surface area contributed by atoms with Gasteiger partial charge in [0, 0.05) is 12.8 Å². The molecule has 1 aliphatic rings. The van der Waals surface area contributed by atoms with E-state index in [9.17, 15) is 4.79 Å². The van der Waals surface area contributed by atoms with Crippen LogP contribution < -0.4 is 4.74 Å². The average Bonchev–Trinajstić information content (AvgIpc) is 2.25. The van der Waals surface area contributed by atoms with E-state index in [4.69, 9.17) is 4.74 Å². The predicted octanol–water partition coefficient (Wildman–Crippen LogP) is 3.19. The van der Waals surface area contributed by atoms with Gasteiger partial charge in [-0.15, -0.1) is 0 Å². The maximum atomic E-state index is 11.3. The number of ketones is 1. The fourth-order valence-corrected chi connectivity index (χ4v) is 2.12. The first kappa shape index (κ1) is 11.2. The molecule has 2 rings (SSSR count). The van der Waals surface area contributed by atoms with Crippen LogP contribution in [0.25, 0.3) is 0 Å². The summed E-state index contributed by atoms with van der Waals surface area (Å²) in [6.45, 7) is 4.14. The van der Waals surface area contributed by atoms with Crippen LogP contribution in [0.5, 0.6) is 5.75 Å². The van der Waals surface area contributed by atoms with E-state index in [1.165, 1.54) is 11.1 Å². The van der Waals surface area contributed by atoms with E-state index in [-0.39, 0.29) is 6.10 Å². The van der Waals surface area contributed by atoms with Crippen molar-refractivity contribution in [2.75, 3.05) is 0 Å². The first-order valence-corrected chi connectivity index (χ1v) is 5.91. The highest BCUT2D eigenvalue weighted by Crippen LogP contribution is 2.25. The van der Waals surface area contributed by atoms with Crippen molar-refractivity contribution in [3.63, 3.8) is 0 Å². The Morgan fingerprint density at radius 1 is 1.31 bits per heavy atom. The zero-order valence-electron chi connectivity index (χ0n) is 9.95. The summed E-state index contributed by atoms with van der Waals surface area (Å²) in [5.41, 5.74) is 2.42. The number of hydrogen-bond acceptors (Lipinski definition) is 2. The van der Waals surface area contributed by atoms with Crippen LogP contribution in [0.1, 0.15) is 36.8 Å². The zero-order chi connectivity index (χ0) is 11.5. The third-order valence-electron chi connectivity index (χ3n) is 3.29. The molecule has 0 saturated heterocycles. The van der Waals surface area contributed by atoms with Gasteiger partial charge in [0.15, 0.2) is 0 Å². The second-order valence-electron chi connectivity index (χ2n) is 4.57. The molecular formula is C14H18O2. The van der Waals surface area contributed by atoms with Crippen molar-refractivity contribution < 1.29 is 9.53 Å². The van der Waals surface area contributed by atoms with E-state index in [0.29, 0.717) is 12.2 Å². The lowest BCUT2D eigenvalue weighted by Gasteiger charge is -2.23. The molecule has 0 spiro atoms. The molecule has 1 aromatic carbocycles. The molecule has 0 N–H and O–H groups in total. The van der Waals surface area contributed by atoms with E-state index < -0.39 is 0 Å². The summed E-state index contributed by atoms with van der Waals surface area (Å²) < 4.78 is 5.92. The van der Waals surface area contributed by atoms with E-state index in [2.05, 4.69) is 19.9 Å². The third kappa shape index (κ3) is 2.43. The summed E-state index contributed by atoms with van der Waals surface area (Å²) in [4.78, 5) is 11.3. The lowest BCUT2D eigenvalue weighted by atomic mass is 9.96. The molecule has 0 aliphatic heterocycles. The molecule has 1 aliphatic carbocycles. The Kier molecular flexibility index (Phi) is 3.28. The molecule has 1 fully saturated rings. The molecule has 86 valence electrons. The highest BCUT2D eigenvalue weighted by molar-refractivity contribution is 5.79. The van der Waals surface area contributed by atoms with Gasteiger partial charge in [-0.2, -0.15) is 0 Å². The minimum Gasteiger partial charge on any atom is -0.490 e. The quantitative estimate of drug-likeness (QED) is 0.762. The van der Waals surface area contributed by atoms with Crippen LogP contribution in [0.2, 0.25) is 0 Å². The van der Waals surface area contributed by atoms with Crippen LogP contribution in [0.15, 0.2) is 18.2 Å². The standard InChI is InChI=1S/C14H18O2/c1-10-5-3-8-14(11(10)2)16-13-7-4-6-12(15)9-13/h3,5,8,13H,4,6-7,9H2,1-2H3. The monoisotopic (exact) mass is 218 g/mol. The van der Waals surface area contributed by atoms with Crippen molar-refractivity contribution in [3.05, 3.63) is 29.3 Å². The molecule has 0 heterocycles. The topological polar surface area (TPSA) is 26.3 Å². The molecule has 0 bridgehead atoms. The van der Waals surface area contributed by atoms with Crippen molar-refractivity contribution in [2.24, 2.45) is 0 Å². The largest absolute Gasteiger partial charge is 0.490 e. The highest BCUT2D eigenvalue weighted by Gasteiger charge is 2.21.